The number of H-pyrrole nitrogens is 2. The number of rotatable bonds is 11. The first-order chi connectivity index (χ1) is 25.4. The summed E-state index contributed by atoms with van der Waals surface area (Å²) >= 11 is 0. The van der Waals surface area contributed by atoms with Gasteiger partial charge in [0.15, 0.2) is 0 Å². The van der Waals surface area contributed by atoms with E-state index in [9.17, 15) is 24.3 Å². The molecule has 1 aliphatic heterocycles. The van der Waals surface area contributed by atoms with Crippen molar-refractivity contribution in [2.24, 2.45) is 5.92 Å². The summed E-state index contributed by atoms with van der Waals surface area (Å²) < 4.78 is 9.33. The van der Waals surface area contributed by atoms with Crippen LogP contribution in [0.1, 0.15) is 64.3 Å². The van der Waals surface area contributed by atoms with Crippen molar-refractivity contribution >= 4 is 24.1 Å². The number of aliphatic hydroxyl groups is 1. The smallest absolute Gasteiger partial charge is 0.425 e. The topological polar surface area (TPSA) is 207 Å². The van der Waals surface area contributed by atoms with Gasteiger partial charge in [-0.3, -0.25) is 4.79 Å². The van der Waals surface area contributed by atoms with Crippen molar-refractivity contribution in [1.82, 2.24) is 45.9 Å². The largest absolute Gasteiger partial charge is 0.453 e. The number of carbonyl (C=O) groups is 4. The SMILES string of the molecule is COC(=O)N[C@H](C(=O)N[C@@H](CO)c1ncc(-c2ccc(-c3ccc(-c4cnc([C@@H]5CCCN5C(=O)N(NC(=O)OC)C(C)C)[nH]4)cc3)cc2)[nH]1)C(C)C. The molecule has 2 aromatic carbocycles. The zero-order valence-electron chi connectivity index (χ0n) is 30.7. The second kappa shape index (κ2) is 17.1. The van der Waals surface area contributed by atoms with E-state index in [-0.39, 0.29) is 24.0 Å². The van der Waals surface area contributed by atoms with Crippen molar-refractivity contribution in [3.05, 3.63) is 72.6 Å². The maximum absolute atomic E-state index is 13.4. The van der Waals surface area contributed by atoms with E-state index in [1.807, 2.05) is 62.4 Å². The summed E-state index contributed by atoms with van der Waals surface area (Å²) in [4.78, 5) is 67.3. The molecular formula is C37H47N9O7. The number of aromatic nitrogens is 4. The first-order valence-corrected chi connectivity index (χ1v) is 17.4. The molecule has 282 valence electrons. The Labute approximate surface area is 307 Å². The predicted octanol–water partition coefficient (Wildman–Crippen LogP) is 4.90. The molecule has 1 saturated heterocycles. The number of nitrogens with zero attached hydrogens (tertiary/aromatic N) is 4. The number of amides is 5. The Morgan fingerprint density at radius 1 is 0.849 bits per heavy atom. The van der Waals surface area contributed by atoms with Crippen LogP contribution in [-0.4, -0.2) is 98.5 Å². The third kappa shape index (κ3) is 8.95. The minimum Gasteiger partial charge on any atom is -0.453 e. The molecule has 0 aliphatic carbocycles. The van der Waals surface area contributed by atoms with Gasteiger partial charge in [0.1, 0.15) is 23.7 Å². The van der Waals surface area contributed by atoms with E-state index in [1.165, 1.54) is 19.2 Å². The Balaban J connectivity index is 1.23. The zero-order chi connectivity index (χ0) is 38.2. The van der Waals surface area contributed by atoms with Crippen molar-refractivity contribution < 1.29 is 33.8 Å². The number of likely N-dealkylation sites (tertiary alicyclic amines) is 1. The fourth-order valence-corrected chi connectivity index (χ4v) is 6.14. The molecule has 0 saturated carbocycles. The lowest BCUT2D eigenvalue weighted by atomic mass is 10.0. The summed E-state index contributed by atoms with van der Waals surface area (Å²) in [5, 5.41) is 16.6. The molecule has 16 nitrogen and oxygen atoms in total. The molecule has 2 aromatic heterocycles. The number of aliphatic hydroxyl groups excluding tert-OH is 1. The Morgan fingerprint density at radius 3 is 1.96 bits per heavy atom. The molecule has 0 radical (unpaired) electrons. The number of nitrogens with one attached hydrogen (secondary N) is 5. The van der Waals surface area contributed by atoms with Crippen molar-refractivity contribution in [3.8, 4) is 33.6 Å². The Kier molecular flexibility index (Phi) is 12.4. The van der Waals surface area contributed by atoms with Crippen molar-refractivity contribution in [2.75, 3.05) is 27.4 Å². The molecule has 53 heavy (non-hydrogen) atoms. The standard InChI is InChI=1S/C37H47N9O7/c1-21(2)31(43-35(49)52-5)34(48)42-29(20-47)32-38-18-27(40-32)25-13-9-23(10-14-25)24-11-15-26(16-12-24)28-19-39-33(41-28)30-8-7-17-45(30)37(51)46(22(3)4)44-36(50)53-6/h9-16,18-19,21-22,29-31,47H,7-8,17,20H2,1-6H3,(H,38,40)(H,39,41)(H,42,48)(H,43,49)(H,44,50)/t29-,30-,31-/m0/s1. The molecule has 1 aliphatic rings. The summed E-state index contributed by atoms with van der Waals surface area (Å²) in [7, 11) is 2.48. The predicted molar refractivity (Wildman–Crippen MR) is 196 cm³/mol. The van der Waals surface area contributed by atoms with Crippen LogP contribution in [0.4, 0.5) is 14.4 Å². The maximum atomic E-state index is 13.4. The molecule has 5 amide bonds. The number of hydrogen-bond acceptors (Lipinski definition) is 9. The average molecular weight is 730 g/mol. The summed E-state index contributed by atoms with van der Waals surface area (Å²) in [6, 6.07) is 13.4. The van der Waals surface area contributed by atoms with Crippen LogP contribution in [0.2, 0.25) is 0 Å². The molecule has 16 heteroatoms. The molecule has 1 fully saturated rings. The van der Waals surface area contributed by atoms with Gasteiger partial charge in [-0.1, -0.05) is 62.4 Å². The highest BCUT2D eigenvalue weighted by molar-refractivity contribution is 5.86. The van der Waals surface area contributed by atoms with Gasteiger partial charge in [-0.05, 0) is 54.9 Å². The Bertz CT molecular complexity index is 1870. The summed E-state index contributed by atoms with van der Waals surface area (Å²) in [6.07, 6.45) is 3.52. The second-order valence-corrected chi connectivity index (χ2v) is 13.3. The third-order valence-electron chi connectivity index (χ3n) is 9.09. The van der Waals surface area contributed by atoms with E-state index in [0.29, 0.717) is 23.9 Å². The molecule has 0 bridgehead atoms. The number of carbonyl (C=O) groups excluding carboxylic acids is 4. The van der Waals surface area contributed by atoms with E-state index in [1.54, 1.807) is 31.1 Å². The number of aromatic amines is 2. The molecule has 4 aromatic rings. The van der Waals surface area contributed by atoms with Crippen LogP contribution in [0.3, 0.4) is 0 Å². The van der Waals surface area contributed by atoms with Gasteiger partial charge >= 0.3 is 18.2 Å². The number of hydrazine groups is 1. The molecule has 3 atom stereocenters. The molecular weight excluding hydrogens is 682 g/mol. The van der Waals surface area contributed by atoms with Crippen LogP contribution < -0.4 is 16.1 Å². The Hall–Kier alpha value is -5.90. The average Bonchev–Trinajstić information content (AvgIpc) is 3.96. The van der Waals surface area contributed by atoms with Gasteiger partial charge in [-0.25, -0.2) is 34.8 Å². The van der Waals surface area contributed by atoms with Crippen LogP contribution in [0.25, 0.3) is 33.6 Å². The summed E-state index contributed by atoms with van der Waals surface area (Å²) in [5.74, 6) is 0.361. The number of urea groups is 1. The minimum absolute atomic E-state index is 0.221. The number of alkyl carbamates (subject to hydrolysis) is 1. The summed E-state index contributed by atoms with van der Waals surface area (Å²) in [5.41, 5.74) is 7.85. The highest BCUT2D eigenvalue weighted by atomic mass is 16.5. The highest BCUT2D eigenvalue weighted by Gasteiger charge is 2.36. The van der Waals surface area contributed by atoms with E-state index >= 15 is 0 Å². The quantitative estimate of drug-likeness (QED) is 0.116. The number of ether oxygens (including phenoxy) is 2. The van der Waals surface area contributed by atoms with Crippen molar-refractivity contribution in [2.45, 2.75) is 64.7 Å². The van der Waals surface area contributed by atoms with Crippen LogP contribution >= 0.6 is 0 Å². The van der Waals surface area contributed by atoms with Crippen LogP contribution in [-0.2, 0) is 14.3 Å². The molecule has 0 unspecified atom stereocenters. The molecule has 6 N–H and O–H groups in total. The van der Waals surface area contributed by atoms with E-state index in [4.69, 9.17) is 4.74 Å². The molecule has 3 heterocycles. The highest BCUT2D eigenvalue weighted by Crippen LogP contribution is 2.33. The summed E-state index contributed by atoms with van der Waals surface area (Å²) in [6.45, 7) is 7.35. The lowest BCUT2D eigenvalue weighted by molar-refractivity contribution is -0.125. The van der Waals surface area contributed by atoms with Gasteiger partial charge in [-0.15, -0.1) is 0 Å². The lowest BCUT2D eigenvalue weighted by Gasteiger charge is -2.33. The normalized spacial score (nSPS) is 15.2. The van der Waals surface area contributed by atoms with Gasteiger partial charge in [-0.2, -0.15) is 0 Å². The van der Waals surface area contributed by atoms with E-state index in [0.717, 1.165) is 40.8 Å². The number of methoxy groups -OCH3 is 2. The van der Waals surface area contributed by atoms with E-state index < -0.39 is 36.8 Å². The van der Waals surface area contributed by atoms with E-state index in [2.05, 4.69) is 40.7 Å². The second-order valence-electron chi connectivity index (χ2n) is 13.3. The minimum atomic E-state index is -0.856. The van der Waals surface area contributed by atoms with Crippen LogP contribution in [0, 0.1) is 5.92 Å². The number of hydrogen-bond donors (Lipinski definition) is 6. The fraction of sp³-hybridized carbons (Fsp3) is 0.405. The van der Waals surface area contributed by atoms with Gasteiger partial charge in [0, 0.05) is 12.6 Å². The first-order valence-electron chi connectivity index (χ1n) is 17.4. The number of benzene rings is 2. The van der Waals surface area contributed by atoms with Gasteiger partial charge < -0.3 is 40.1 Å². The van der Waals surface area contributed by atoms with Crippen molar-refractivity contribution in [1.29, 1.82) is 0 Å². The van der Waals surface area contributed by atoms with Gasteiger partial charge in [0.05, 0.1) is 50.6 Å². The Morgan fingerprint density at radius 2 is 1.42 bits per heavy atom. The lowest BCUT2D eigenvalue weighted by Crippen LogP contribution is -2.54. The fourth-order valence-electron chi connectivity index (χ4n) is 6.14. The van der Waals surface area contributed by atoms with Gasteiger partial charge in [0.25, 0.3) is 0 Å². The van der Waals surface area contributed by atoms with Crippen LogP contribution in [0.5, 0.6) is 0 Å². The maximum Gasteiger partial charge on any atom is 0.425 e. The van der Waals surface area contributed by atoms with Gasteiger partial charge in [0.2, 0.25) is 5.91 Å². The molecule has 5 rings (SSSR count). The monoisotopic (exact) mass is 729 g/mol. The third-order valence-corrected chi connectivity index (χ3v) is 9.09. The zero-order valence-corrected chi connectivity index (χ0v) is 30.7. The van der Waals surface area contributed by atoms with Crippen molar-refractivity contribution in [3.63, 3.8) is 0 Å². The van der Waals surface area contributed by atoms with Crippen LogP contribution in [0.15, 0.2) is 60.9 Å². The molecule has 0 spiro atoms. The number of imidazole rings is 2. The first kappa shape index (κ1) is 38.3.